The third-order valence-corrected chi connectivity index (χ3v) is 7.62. The van der Waals surface area contributed by atoms with Crippen LogP contribution in [-0.2, 0) is 16.1 Å². The van der Waals surface area contributed by atoms with E-state index in [9.17, 15) is 18.8 Å². The van der Waals surface area contributed by atoms with E-state index in [1.165, 1.54) is 11.0 Å². The molecular formula is C27H31FN4O4. The minimum absolute atomic E-state index is 0.0593. The molecule has 36 heavy (non-hydrogen) atoms. The molecule has 2 aliphatic heterocycles. The number of carbonyl (C=O) groups is 3. The van der Waals surface area contributed by atoms with Crippen molar-refractivity contribution in [1.29, 1.82) is 0 Å². The molecule has 2 aromatic rings. The molecule has 4 amide bonds. The van der Waals surface area contributed by atoms with Crippen LogP contribution >= 0.6 is 0 Å². The molecule has 2 saturated heterocycles. The van der Waals surface area contributed by atoms with Gasteiger partial charge in [-0.3, -0.25) is 14.5 Å². The Morgan fingerprint density at radius 3 is 2.44 bits per heavy atom. The third-order valence-electron chi connectivity index (χ3n) is 7.62. The Balaban J connectivity index is 1.17. The quantitative estimate of drug-likeness (QED) is 0.691. The maximum Gasteiger partial charge on any atom is 0.324 e. The number of hydrogen-bond donors (Lipinski definition) is 1. The number of benzene rings is 2. The van der Waals surface area contributed by atoms with Gasteiger partial charge in [0.2, 0.25) is 11.8 Å². The fourth-order valence-corrected chi connectivity index (χ4v) is 5.58. The normalized spacial score (nSPS) is 24.3. The van der Waals surface area contributed by atoms with Crippen LogP contribution in [0.2, 0.25) is 0 Å². The molecule has 3 fully saturated rings. The first-order valence-electron chi connectivity index (χ1n) is 12.5. The highest BCUT2D eigenvalue weighted by Gasteiger charge is 2.46. The maximum atomic E-state index is 14.1. The minimum atomic E-state index is -0.413. The Bertz CT molecular complexity index is 1130. The summed E-state index contributed by atoms with van der Waals surface area (Å²) >= 11 is 0. The molecule has 0 spiro atoms. The molecule has 0 bridgehead atoms. The van der Waals surface area contributed by atoms with Crippen LogP contribution in [0.4, 0.5) is 14.9 Å². The highest BCUT2D eigenvalue weighted by Crippen LogP contribution is 2.35. The Hall–Kier alpha value is -3.62. The molecule has 3 atom stereocenters. The number of carbonyl (C=O) groups excluding carboxylic acids is 3. The van der Waals surface area contributed by atoms with Gasteiger partial charge in [-0.25, -0.2) is 9.18 Å². The van der Waals surface area contributed by atoms with Gasteiger partial charge in [-0.05, 0) is 49.1 Å². The molecule has 190 valence electrons. The largest absolute Gasteiger partial charge is 0.497 e. The van der Waals surface area contributed by atoms with Crippen LogP contribution in [0.3, 0.4) is 0 Å². The molecular weight excluding hydrogens is 463 g/mol. The van der Waals surface area contributed by atoms with Crippen molar-refractivity contribution >= 4 is 23.5 Å². The topological polar surface area (TPSA) is 82.2 Å². The Labute approximate surface area is 210 Å². The van der Waals surface area contributed by atoms with Crippen LogP contribution in [0.15, 0.2) is 48.5 Å². The summed E-state index contributed by atoms with van der Waals surface area (Å²) in [5.41, 5.74) is 1.41. The predicted molar refractivity (Wildman–Crippen MR) is 132 cm³/mol. The van der Waals surface area contributed by atoms with Gasteiger partial charge >= 0.3 is 6.03 Å². The zero-order valence-electron chi connectivity index (χ0n) is 20.4. The molecule has 2 heterocycles. The number of para-hydroxylation sites is 1. The van der Waals surface area contributed by atoms with Gasteiger partial charge in [0.15, 0.2) is 0 Å². The summed E-state index contributed by atoms with van der Waals surface area (Å²) < 4.78 is 19.3. The summed E-state index contributed by atoms with van der Waals surface area (Å²) in [6.07, 6.45) is 1.64. The average Bonchev–Trinajstić information content (AvgIpc) is 2.91. The van der Waals surface area contributed by atoms with Crippen LogP contribution < -0.4 is 15.0 Å². The SMILES string of the molecule is COc1ccc(CN2C(=O)NC3CC(C(=O)N4CCN(c5ccccc5F)CC4)CCC3C2=O)cc1. The number of anilines is 1. The van der Waals surface area contributed by atoms with Crippen LogP contribution in [0, 0.1) is 17.7 Å². The van der Waals surface area contributed by atoms with Crippen molar-refractivity contribution in [3.05, 3.63) is 59.9 Å². The van der Waals surface area contributed by atoms with E-state index < -0.39 is 6.03 Å². The fraction of sp³-hybridized carbons (Fsp3) is 0.444. The lowest BCUT2D eigenvalue weighted by Crippen LogP contribution is -2.62. The van der Waals surface area contributed by atoms with Gasteiger partial charge in [-0.1, -0.05) is 24.3 Å². The highest BCUT2D eigenvalue weighted by atomic mass is 19.1. The monoisotopic (exact) mass is 494 g/mol. The van der Waals surface area contributed by atoms with E-state index in [2.05, 4.69) is 5.32 Å². The van der Waals surface area contributed by atoms with Crippen molar-refractivity contribution in [3.8, 4) is 5.75 Å². The molecule has 0 aromatic heterocycles. The number of nitrogens with zero attached hydrogens (tertiary/aromatic N) is 3. The first-order chi connectivity index (χ1) is 17.4. The molecule has 0 radical (unpaired) electrons. The van der Waals surface area contributed by atoms with Crippen LogP contribution in [0.1, 0.15) is 24.8 Å². The second-order valence-electron chi connectivity index (χ2n) is 9.71. The highest BCUT2D eigenvalue weighted by molar-refractivity contribution is 5.99. The van der Waals surface area contributed by atoms with Gasteiger partial charge in [-0.2, -0.15) is 0 Å². The Kier molecular flexibility index (Phi) is 6.80. The number of amides is 4. The number of rotatable bonds is 5. The number of ether oxygens (including phenoxy) is 1. The first kappa shape index (κ1) is 24.1. The van der Waals surface area contributed by atoms with Gasteiger partial charge in [0, 0.05) is 38.1 Å². The summed E-state index contributed by atoms with van der Waals surface area (Å²) in [4.78, 5) is 44.3. The Morgan fingerprint density at radius 2 is 1.75 bits per heavy atom. The van der Waals surface area contributed by atoms with Crippen LogP contribution in [0.25, 0.3) is 0 Å². The van der Waals surface area contributed by atoms with Crippen molar-refractivity contribution in [2.45, 2.75) is 31.8 Å². The van der Waals surface area contributed by atoms with Crippen molar-refractivity contribution in [2.75, 3.05) is 38.2 Å². The van der Waals surface area contributed by atoms with E-state index in [0.717, 1.165) is 5.56 Å². The summed E-state index contributed by atoms with van der Waals surface area (Å²) in [7, 11) is 1.59. The first-order valence-corrected chi connectivity index (χ1v) is 12.5. The molecule has 3 aliphatic rings. The number of methoxy groups -OCH3 is 1. The predicted octanol–water partition coefficient (Wildman–Crippen LogP) is 3.02. The molecule has 1 N–H and O–H groups in total. The number of urea groups is 1. The summed E-state index contributed by atoms with van der Waals surface area (Å²) in [5.74, 6) is -0.206. The molecule has 3 unspecified atom stereocenters. The molecule has 5 rings (SSSR count). The summed E-state index contributed by atoms with van der Waals surface area (Å²) in [6.45, 7) is 2.39. The maximum absolute atomic E-state index is 14.1. The van der Waals surface area contributed by atoms with Crippen molar-refractivity contribution in [2.24, 2.45) is 11.8 Å². The average molecular weight is 495 g/mol. The number of nitrogens with one attached hydrogen (secondary N) is 1. The van der Waals surface area contributed by atoms with Crippen molar-refractivity contribution < 1.29 is 23.5 Å². The van der Waals surface area contributed by atoms with E-state index in [1.54, 1.807) is 31.4 Å². The van der Waals surface area contributed by atoms with Crippen LogP contribution in [-0.4, -0.2) is 67.0 Å². The lowest BCUT2D eigenvalue weighted by Gasteiger charge is -2.43. The van der Waals surface area contributed by atoms with Crippen molar-refractivity contribution in [1.82, 2.24) is 15.1 Å². The van der Waals surface area contributed by atoms with Gasteiger partial charge in [-0.15, -0.1) is 0 Å². The summed E-state index contributed by atoms with van der Waals surface area (Å²) in [6, 6.07) is 13.2. The number of hydrogen-bond acceptors (Lipinski definition) is 5. The molecule has 9 heteroatoms. The Morgan fingerprint density at radius 1 is 1.03 bits per heavy atom. The van der Waals surface area contributed by atoms with Gasteiger partial charge < -0.3 is 19.9 Å². The standard InChI is InChI=1S/C27H31FN4O4/c1-36-20-9-6-18(7-10-20)17-32-26(34)21-11-8-19(16-23(21)29-27(32)35)25(33)31-14-12-30(13-15-31)24-5-3-2-4-22(24)28/h2-7,9-10,19,21,23H,8,11-17H2,1H3,(H,29,35). The zero-order valence-corrected chi connectivity index (χ0v) is 20.4. The number of piperazine rings is 1. The van der Waals surface area contributed by atoms with E-state index >= 15 is 0 Å². The lowest BCUT2D eigenvalue weighted by atomic mass is 9.76. The van der Waals surface area contributed by atoms with Gasteiger partial charge in [0.05, 0.1) is 25.3 Å². The van der Waals surface area contributed by atoms with E-state index in [-0.39, 0.29) is 42.1 Å². The van der Waals surface area contributed by atoms with Gasteiger partial charge in [0.1, 0.15) is 11.6 Å². The zero-order chi connectivity index (χ0) is 25.2. The van der Waals surface area contributed by atoms with Gasteiger partial charge in [0.25, 0.3) is 0 Å². The smallest absolute Gasteiger partial charge is 0.324 e. The lowest BCUT2D eigenvalue weighted by molar-refractivity contribution is -0.143. The second-order valence-corrected chi connectivity index (χ2v) is 9.71. The summed E-state index contributed by atoms with van der Waals surface area (Å²) in [5, 5.41) is 2.99. The van der Waals surface area contributed by atoms with Crippen LogP contribution in [0.5, 0.6) is 5.75 Å². The van der Waals surface area contributed by atoms with E-state index in [1.807, 2.05) is 28.0 Å². The molecule has 2 aromatic carbocycles. The number of halogens is 1. The van der Waals surface area contributed by atoms with E-state index in [0.29, 0.717) is 56.9 Å². The molecule has 1 aliphatic carbocycles. The second kappa shape index (κ2) is 10.2. The van der Waals surface area contributed by atoms with Crippen molar-refractivity contribution in [3.63, 3.8) is 0 Å². The van der Waals surface area contributed by atoms with E-state index in [4.69, 9.17) is 4.74 Å². The molecule has 1 saturated carbocycles. The number of fused-ring (bicyclic) bond motifs is 1. The minimum Gasteiger partial charge on any atom is -0.497 e. The molecule has 8 nitrogen and oxygen atoms in total. The third kappa shape index (κ3) is 4.74. The fourth-order valence-electron chi connectivity index (χ4n) is 5.58. The number of imide groups is 1.